The first-order valence-corrected chi connectivity index (χ1v) is 7.79. The topological polar surface area (TPSA) is 41.6 Å². The molecule has 1 aliphatic rings. The van der Waals surface area contributed by atoms with Gasteiger partial charge in [0.2, 0.25) is 0 Å². The summed E-state index contributed by atoms with van der Waals surface area (Å²) in [5.74, 6) is 0. The van der Waals surface area contributed by atoms with Gasteiger partial charge in [-0.25, -0.2) is 4.79 Å². The van der Waals surface area contributed by atoms with Gasteiger partial charge in [0.25, 0.3) is 0 Å². The van der Waals surface area contributed by atoms with Crippen molar-refractivity contribution >= 4 is 17.5 Å². The fourth-order valence-corrected chi connectivity index (χ4v) is 2.51. The first kappa shape index (κ1) is 15.7. The maximum Gasteiger partial charge on any atom is 0.412 e. The van der Waals surface area contributed by atoms with Gasteiger partial charge >= 0.3 is 6.09 Å². The van der Waals surface area contributed by atoms with Gasteiger partial charge < -0.3 is 9.64 Å². The Kier molecular flexibility index (Phi) is 5.10. The standard InChI is InChI=1S/C17H26N2O2/c1-17(2,3)21-16(20)18-14-8-10-15(11-9-14)19-12-6-4-5-7-13-19/h8-11H,4-7,12-13H2,1-3H3,(H,18,20). The molecule has 0 bridgehead atoms. The van der Waals surface area contributed by atoms with E-state index in [0.29, 0.717) is 0 Å². The Morgan fingerprint density at radius 3 is 2.14 bits per heavy atom. The number of ether oxygens (including phenoxy) is 1. The summed E-state index contributed by atoms with van der Waals surface area (Å²) in [6.45, 7) is 7.82. The molecule has 0 spiro atoms. The van der Waals surface area contributed by atoms with Crippen molar-refractivity contribution in [3.8, 4) is 0 Å². The first-order valence-electron chi connectivity index (χ1n) is 7.79. The van der Waals surface area contributed by atoms with Crippen LogP contribution in [0.2, 0.25) is 0 Å². The molecule has 4 nitrogen and oxygen atoms in total. The quantitative estimate of drug-likeness (QED) is 0.877. The highest BCUT2D eigenvalue weighted by atomic mass is 16.6. The van der Waals surface area contributed by atoms with Gasteiger partial charge in [-0.15, -0.1) is 0 Å². The lowest BCUT2D eigenvalue weighted by Crippen LogP contribution is -2.27. The summed E-state index contributed by atoms with van der Waals surface area (Å²) < 4.78 is 5.24. The van der Waals surface area contributed by atoms with Gasteiger partial charge in [0.1, 0.15) is 5.60 Å². The van der Waals surface area contributed by atoms with Gasteiger partial charge in [0.15, 0.2) is 0 Å². The molecule has 0 unspecified atom stereocenters. The number of carbonyl (C=O) groups excluding carboxylic acids is 1. The summed E-state index contributed by atoms with van der Waals surface area (Å²) in [5.41, 5.74) is 1.52. The lowest BCUT2D eigenvalue weighted by molar-refractivity contribution is 0.0636. The van der Waals surface area contributed by atoms with Crippen molar-refractivity contribution in [3.63, 3.8) is 0 Å². The first-order chi connectivity index (χ1) is 9.94. The van der Waals surface area contributed by atoms with Crippen LogP contribution in [0.1, 0.15) is 46.5 Å². The number of benzene rings is 1. The number of rotatable bonds is 2. The molecule has 2 rings (SSSR count). The van der Waals surface area contributed by atoms with Gasteiger partial charge in [-0.2, -0.15) is 0 Å². The van der Waals surface area contributed by atoms with E-state index in [-0.39, 0.29) is 0 Å². The summed E-state index contributed by atoms with van der Waals surface area (Å²) >= 11 is 0. The van der Waals surface area contributed by atoms with Crippen LogP contribution in [0.5, 0.6) is 0 Å². The normalized spacial score (nSPS) is 16.2. The van der Waals surface area contributed by atoms with Gasteiger partial charge in [-0.05, 0) is 57.9 Å². The number of amides is 1. The molecular formula is C17H26N2O2. The molecule has 1 aromatic rings. The second-order valence-electron chi connectivity index (χ2n) is 6.58. The fourth-order valence-electron chi connectivity index (χ4n) is 2.51. The highest BCUT2D eigenvalue weighted by molar-refractivity contribution is 5.85. The Labute approximate surface area is 127 Å². The Morgan fingerprint density at radius 1 is 1.05 bits per heavy atom. The summed E-state index contributed by atoms with van der Waals surface area (Å²) in [7, 11) is 0. The Balaban J connectivity index is 1.93. The van der Waals surface area contributed by atoms with Crippen molar-refractivity contribution in [2.24, 2.45) is 0 Å². The molecule has 0 atom stereocenters. The fraction of sp³-hybridized carbons (Fsp3) is 0.588. The maximum atomic E-state index is 11.7. The Hall–Kier alpha value is -1.71. The third-order valence-corrected chi connectivity index (χ3v) is 3.48. The number of nitrogens with one attached hydrogen (secondary N) is 1. The number of hydrogen-bond donors (Lipinski definition) is 1. The van der Waals surface area contributed by atoms with Crippen LogP contribution in [-0.2, 0) is 4.74 Å². The Bertz CT molecular complexity index is 455. The number of nitrogens with zero attached hydrogens (tertiary/aromatic N) is 1. The third kappa shape index (κ3) is 5.29. The van der Waals surface area contributed by atoms with Gasteiger partial charge in [-0.1, -0.05) is 12.8 Å². The van der Waals surface area contributed by atoms with Gasteiger partial charge in [0.05, 0.1) is 0 Å². The van der Waals surface area contributed by atoms with E-state index in [2.05, 4.69) is 22.3 Å². The molecule has 4 heteroatoms. The Morgan fingerprint density at radius 2 is 1.62 bits per heavy atom. The minimum absolute atomic E-state index is 0.412. The molecule has 1 aliphatic heterocycles. The SMILES string of the molecule is CC(C)(C)OC(=O)Nc1ccc(N2CCCCCC2)cc1. The predicted molar refractivity (Wildman–Crippen MR) is 87.0 cm³/mol. The molecule has 21 heavy (non-hydrogen) atoms. The van der Waals surface area contributed by atoms with E-state index in [4.69, 9.17) is 4.74 Å². The number of anilines is 2. The minimum Gasteiger partial charge on any atom is -0.444 e. The number of hydrogen-bond acceptors (Lipinski definition) is 3. The predicted octanol–water partition coefficient (Wildman–Crippen LogP) is 4.41. The van der Waals surface area contributed by atoms with E-state index < -0.39 is 11.7 Å². The summed E-state index contributed by atoms with van der Waals surface area (Å²) in [4.78, 5) is 14.1. The molecular weight excluding hydrogens is 264 g/mol. The van der Waals surface area contributed by atoms with Crippen LogP contribution < -0.4 is 10.2 Å². The zero-order valence-corrected chi connectivity index (χ0v) is 13.3. The molecule has 0 radical (unpaired) electrons. The average Bonchev–Trinajstić information content (AvgIpc) is 2.66. The van der Waals surface area contributed by atoms with E-state index in [1.165, 1.54) is 31.4 Å². The van der Waals surface area contributed by atoms with Crippen molar-refractivity contribution in [2.45, 2.75) is 52.1 Å². The van der Waals surface area contributed by atoms with Crippen molar-refractivity contribution in [2.75, 3.05) is 23.3 Å². The second kappa shape index (κ2) is 6.83. The average molecular weight is 290 g/mol. The lowest BCUT2D eigenvalue weighted by atomic mass is 10.2. The number of carbonyl (C=O) groups is 1. The molecule has 0 aliphatic carbocycles. The third-order valence-electron chi connectivity index (χ3n) is 3.48. The summed E-state index contributed by atoms with van der Waals surface area (Å²) in [6.07, 6.45) is 4.77. The van der Waals surface area contributed by atoms with E-state index >= 15 is 0 Å². The van der Waals surface area contributed by atoms with Crippen LogP contribution in [0.15, 0.2) is 24.3 Å². The molecule has 1 saturated heterocycles. The van der Waals surface area contributed by atoms with Crippen LogP contribution in [0.4, 0.5) is 16.2 Å². The highest BCUT2D eigenvalue weighted by Gasteiger charge is 2.16. The van der Waals surface area contributed by atoms with E-state index in [1.807, 2.05) is 32.9 Å². The van der Waals surface area contributed by atoms with Crippen LogP contribution in [0, 0.1) is 0 Å². The molecule has 1 aromatic carbocycles. The maximum absolute atomic E-state index is 11.7. The smallest absolute Gasteiger partial charge is 0.412 e. The minimum atomic E-state index is -0.476. The van der Waals surface area contributed by atoms with Crippen LogP contribution in [-0.4, -0.2) is 24.8 Å². The zero-order valence-electron chi connectivity index (χ0n) is 13.3. The highest BCUT2D eigenvalue weighted by Crippen LogP contribution is 2.22. The van der Waals surface area contributed by atoms with Gasteiger partial charge in [0, 0.05) is 24.5 Å². The van der Waals surface area contributed by atoms with Gasteiger partial charge in [-0.3, -0.25) is 5.32 Å². The van der Waals surface area contributed by atoms with Crippen molar-refractivity contribution in [1.29, 1.82) is 0 Å². The second-order valence-corrected chi connectivity index (χ2v) is 6.58. The van der Waals surface area contributed by atoms with Crippen LogP contribution >= 0.6 is 0 Å². The molecule has 1 heterocycles. The zero-order chi connectivity index (χ0) is 15.3. The molecule has 1 fully saturated rings. The molecule has 1 amide bonds. The molecule has 0 aromatic heterocycles. The molecule has 1 N–H and O–H groups in total. The van der Waals surface area contributed by atoms with Crippen molar-refractivity contribution < 1.29 is 9.53 Å². The summed E-state index contributed by atoms with van der Waals surface area (Å²) in [6, 6.07) is 8.00. The van der Waals surface area contributed by atoms with E-state index in [1.54, 1.807) is 0 Å². The molecule has 0 saturated carbocycles. The van der Waals surface area contributed by atoms with E-state index in [0.717, 1.165) is 18.8 Å². The monoisotopic (exact) mass is 290 g/mol. The lowest BCUT2D eigenvalue weighted by Gasteiger charge is -2.23. The van der Waals surface area contributed by atoms with Crippen molar-refractivity contribution in [1.82, 2.24) is 0 Å². The summed E-state index contributed by atoms with van der Waals surface area (Å²) in [5, 5.41) is 2.76. The molecule has 116 valence electrons. The van der Waals surface area contributed by atoms with Crippen molar-refractivity contribution in [3.05, 3.63) is 24.3 Å². The largest absolute Gasteiger partial charge is 0.444 e. The van der Waals surface area contributed by atoms with E-state index in [9.17, 15) is 4.79 Å². The van der Waals surface area contributed by atoms with Crippen LogP contribution in [0.3, 0.4) is 0 Å². The van der Waals surface area contributed by atoms with Crippen LogP contribution in [0.25, 0.3) is 0 Å².